The van der Waals surface area contributed by atoms with E-state index in [0.717, 1.165) is 31.4 Å². The van der Waals surface area contributed by atoms with Crippen molar-refractivity contribution in [3.8, 4) is 5.75 Å². The summed E-state index contributed by atoms with van der Waals surface area (Å²) in [6.07, 6.45) is 3.74. The van der Waals surface area contributed by atoms with Crippen LogP contribution in [0.3, 0.4) is 0 Å². The van der Waals surface area contributed by atoms with Crippen molar-refractivity contribution >= 4 is 5.91 Å². The van der Waals surface area contributed by atoms with Crippen molar-refractivity contribution in [3.05, 3.63) is 29.8 Å². The highest BCUT2D eigenvalue weighted by Gasteiger charge is 2.19. The second-order valence-corrected chi connectivity index (χ2v) is 5.07. The molecule has 0 spiro atoms. The Morgan fingerprint density at radius 3 is 2.71 bits per heavy atom. The van der Waals surface area contributed by atoms with Crippen LogP contribution in [0.4, 0.5) is 8.78 Å². The van der Waals surface area contributed by atoms with Gasteiger partial charge in [0.15, 0.2) is 0 Å². The molecule has 0 aromatic heterocycles. The van der Waals surface area contributed by atoms with E-state index in [0.29, 0.717) is 13.0 Å². The maximum absolute atomic E-state index is 12.0. The molecule has 0 aliphatic carbocycles. The predicted molar refractivity (Wildman–Crippen MR) is 75.4 cm³/mol. The van der Waals surface area contributed by atoms with E-state index in [-0.39, 0.29) is 17.7 Å². The van der Waals surface area contributed by atoms with Gasteiger partial charge in [0.25, 0.3) is 0 Å². The molecule has 6 heteroatoms. The van der Waals surface area contributed by atoms with Crippen LogP contribution in [0.15, 0.2) is 24.3 Å². The van der Waals surface area contributed by atoms with E-state index in [2.05, 4.69) is 15.4 Å². The first-order chi connectivity index (χ1) is 10.1. The van der Waals surface area contributed by atoms with Crippen LogP contribution in [0.2, 0.25) is 0 Å². The van der Waals surface area contributed by atoms with Crippen molar-refractivity contribution in [2.45, 2.75) is 38.3 Å². The van der Waals surface area contributed by atoms with Crippen molar-refractivity contribution in [1.29, 1.82) is 0 Å². The van der Waals surface area contributed by atoms with Crippen LogP contribution in [0.5, 0.6) is 5.75 Å². The van der Waals surface area contributed by atoms with Gasteiger partial charge in [-0.3, -0.25) is 4.79 Å². The fourth-order valence-corrected chi connectivity index (χ4v) is 2.37. The van der Waals surface area contributed by atoms with Crippen LogP contribution in [0.1, 0.15) is 24.8 Å². The van der Waals surface area contributed by atoms with Gasteiger partial charge in [-0.2, -0.15) is 8.78 Å². The van der Waals surface area contributed by atoms with Crippen LogP contribution in [0.25, 0.3) is 0 Å². The molecule has 0 saturated carbocycles. The third-order valence-corrected chi connectivity index (χ3v) is 3.49. The number of rotatable bonds is 6. The van der Waals surface area contributed by atoms with Gasteiger partial charge in [0.05, 0.1) is 6.04 Å². The highest BCUT2D eigenvalue weighted by Crippen LogP contribution is 2.15. The minimum absolute atomic E-state index is 0.0346. The van der Waals surface area contributed by atoms with E-state index in [9.17, 15) is 13.6 Å². The third kappa shape index (κ3) is 5.30. The van der Waals surface area contributed by atoms with Gasteiger partial charge in [0.1, 0.15) is 5.75 Å². The van der Waals surface area contributed by atoms with Crippen LogP contribution in [-0.2, 0) is 11.2 Å². The minimum atomic E-state index is -2.81. The van der Waals surface area contributed by atoms with E-state index in [1.54, 1.807) is 12.1 Å². The molecule has 1 amide bonds. The Balaban J connectivity index is 1.71. The molecule has 1 atom stereocenters. The standard InChI is InChI=1S/C15H20F2N2O2/c16-15(17)21-12-6-4-11(5-7-12)8-10-19-14(20)13-3-1-2-9-18-13/h4-7,13,15,18H,1-3,8-10H2,(H,19,20). The molecule has 1 heterocycles. The number of amides is 1. The summed E-state index contributed by atoms with van der Waals surface area (Å²) < 4.78 is 28.3. The number of carbonyl (C=O) groups excluding carboxylic acids is 1. The Morgan fingerprint density at radius 2 is 2.10 bits per heavy atom. The van der Waals surface area contributed by atoms with E-state index < -0.39 is 6.61 Å². The molecule has 1 fully saturated rings. The number of ether oxygens (including phenoxy) is 1. The highest BCUT2D eigenvalue weighted by atomic mass is 19.3. The van der Waals surface area contributed by atoms with Crippen molar-refractivity contribution in [3.63, 3.8) is 0 Å². The Morgan fingerprint density at radius 1 is 1.33 bits per heavy atom. The van der Waals surface area contributed by atoms with Gasteiger partial charge in [0, 0.05) is 6.54 Å². The van der Waals surface area contributed by atoms with Gasteiger partial charge < -0.3 is 15.4 Å². The van der Waals surface area contributed by atoms with Crippen molar-refractivity contribution < 1.29 is 18.3 Å². The van der Waals surface area contributed by atoms with Crippen molar-refractivity contribution in [2.75, 3.05) is 13.1 Å². The average Bonchev–Trinajstić information content (AvgIpc) is 2.49. The second kappa shape index (κ2) is 7.93. The molecule has 0 bridgehead atoms. The van der Waals surface area contributed by atoms with Gasteiger partial charge in [-0.05, 0) is 43.5 Å². The minimum Gasteiger partial charge on any atom is -0.435 e. The molecule has 2 N–H and O–H groups in total. The van der Waals surface area contributed by atoms with Gasteiger partial charge in [0.2, 0.25) is 5.91 Å². The number of halogens is 2. The van der Waals surface area contributed by atoms with Crippen LogP contribution in [-0.4, -0.2) is 31.7 Å². The number of hydrogen-bond acceptors (Lipinski definition) is 3. The summed E-state index contributed by atoms with van der Waals surface area (Å²) in [6, 6.07) is 6.38. The maximum Gasteiger partial charge on any atom is 0.387 e. The average molecular weight is 298 g/mol. The molecule has 2 rings (SSSR count). The summed E-state index contributed by atoms with van der Waals surface area (Å²) in [5.74, 6) is 0.177. The zero-order chi connectivity index (χ0) is 15.1. The Kier molecular flexibility index (Phi) is 5.92. The summed E-state index contributed by atoms with van der Waals surface area (Å²) in [5.41, 5.74) is 0.966. The van der Waals surface area contributed by atoms with E-state index in [4.69, 9.17) is 0 Å². The van der Waals surface area contributed by atoms with E-state index in [1.165, 1.54) is 12.1 Å². The molecule has 1 aliphatic heterocycles. The molecule has 1 aromatic carbocycles. The molecule has 0 radical (unpaired) electrons. The molecule has 1 aliphatic rings. The fraction of sp³-hybridized carbons (Fsp3) is 0.533. The van der Waals surface area contributed by atoms with Gasteiger partial charge in [-0.25, -0.2) is 0 Å². The molecule has 116 valence electrons. The molecule has 4 nitrogen and oxygen atoms in total. The number of carbonyl (C=O) groups is 1. The maximum atomic E-state index is 12.0. The monoisotopic (exact) mass is 298 g/mol. The fourth-order valence-electron chi connectivity index (χ4n) is 2.37. The molecular formula is C15H20F2N2O2. The molecule has 1 saturated heterocycles. The number of benzene rings is 1. The molecular weight excluding hydrogens is 278 g/mol. The summed E-state index contributed by atoms with van der Waals surface area (Å²) in [6.45, 7) is -1.38. The zero-order valence-electron chi connectivity index (χ0n) is 11.8. The Hall–Kier alpha value is -1.69. The van der Waals surface area contributed by atoms with Crippen LogP contribution >= 0.6 is 0 Å². The number of alkyl halides is 2. The third-order valence-electron chi connectivity index (χ3n) is 3.49. The molecule has 1 aromatic rings. The lowest BCUT2D eigenvalue weighted by molar-refractivity contribution is -0.123. The summed E-state index contributed by atoms with van der Waals surface area (Å²) in [7, 11) is 0. The largest absolute Gasteiger partial charge is 0.435 e. The summed E-state index contributed by atoms with van der Waals surface area (Å²) in [5, 5.41) is 6.09. The number of piperidine rings is 1. The summed E-state index contributed by atoms with van der Waals surface area (Å²) >= 11 is 0. The van der Waals surface area contributed by atoms with Crippen LogP contribution in [0, 0.1) is 0 Å². The topological polar surface area (TPSA) is 50.4 Å². The first kappa shape index (κ1) is 15.7. The lowest BCUT2D eigenvalue weighted by atomic mass is 10.0. The zero-order valence-corrected chi connectivity index (χ0v) is 11.8. The lowest BCUT2D eigenvalue weighted by Crippen LogP contribution is -2.47. The smallest absolute Gasteiger partial charge is 0.387 e. The van der Waals surface area contributed by atoms with Crippen molar-refractivity contribution in [1.82, 2.24) is 10.6 Å². The van der Waals surface area contributed by atoms with Gasteiger partial charge in [-0.1, -0.05) is 18.6 Å². The van der Waals surface area contributed by atoms with Gasteiger partial charge in [-0.15, -0.1) is 0 Å². The first-order valence-electron chi connectivity index (χ1n) is 7.20. The normalized spacial score (nSPS) is 18.5. The molecule has 21 heavy (non-hydrogen) atoms. The summed E-state index contributed by atoms with van der Waals surface area (Å²) in [4.78, 5) is 11.9. The lowest BCUT2D eigenvalue weighted by Gasteiger charge is -2.22. The highest BCUT2D eigenvalue weighted by molar-refractivity contribution is 5.81. The quantitative estimate of drug-likeness (QED) is 0.845. The second-order valence-electron chi connectivity index (χ2n) is 5.07. The van der Waals surface area contributed by atoms with E-state index in [1.807, 2.05) is 0 Å². The van der Waals surface area contributed by atoms with Crippen LogP contribution < -0.4 is 15.4 Å². The predicted octanol–water partition coefficient (Wildman–Crippen LogP) is 2.09. The van der Waals surface area contributed by atoms with E-state index >= 15 is 0 Å². The van der Waals surface area contributed by atoms with Crippen molar-refractivity contribution in [2.24, 2.45) is 0 Å². The first-order valence-corrected chi connectivity index (χ1v) is 7.20. The SMILES string of the molecule is O=C(NCCc1ccc(OC(F)F)cc1)C1CCCCN1. The number of nitrogens with one attached hydrogen (secondary N) is 2. The Bertz CT molecular complexity index is 445. The Labute approximate surface area is 122 Å². The number of hydrogen-bond donors (Lipinski definition) is 2. The van der Waals surface area contributed by atoms with Gasteiger partial charge >= 0.3 is 6.61 Å². The molecule has 1 unspecified atom stereocenters.